The second kappa shape index (κ2) is 6.72. The third-order valence-corrected chi connectivity index (χ3v) is 3.74. The van der Waals surface area contributed by atoms with Crippen molar-refractivity contribution in [2.75, 3.05) is 0 Å². The molecule has 6 heteroatoms. The van der Waals surface area contributed by atoms with Gasteiger partial charge in [-0.25, -0.2) is 4.79 Å². The third kappa shape index (κ3) is 5.59. The molecule has 1 saturated carbocycles. The van der Waals surface area contributed by atoms with E-state index in [2.05, 4.69) is 10.6 Å². The van der Waals surface area contributed by atoms with Gasteiger partial charge in [0.05, 0.1) is 6.42 Å². The van der Waals surface area contributed by atoms with Crippen molar-refractivity contribution in [3.63, 3.8) is 0 Å². The van der Waals surface area contributed by atoms with E-state index in [1.54, 1.807) is 13.8 Å². The minimum atomic E-state index is -0.953. The fourth-order valence-corrected chi connectivity index (χ4v) is 2.38. The van der Waals surface area contributed by atoms with Crippen LogP contribution in [0.25, 0.3) is 0 Å². The lowest BCUT2D eigenvalue weighted by Crippen LogP contribution is -2.48. The summed E-state index contributed by atoms with van der Waals surface area (Å²) in [4.78, 5) is 34.0. The number of amides is 3. The Hall–Kier alpha value is -1.59. The predicted molar refractivity (Wildman–Crippen MR) is 74.1 cm³/mol. The minimum absolute atomic E-state index is 0.00449. The van der Waals surface area contributed by atoms with Crippen molar-refractivity contribution in [2.45, 2.75) is 58.9 Å². The van der Waals surface area contributed by atoms with Gasteiger partial charge in [0.1, 0.15) is 0 Å². The van der Waals surface area contributed by atoms with E-state index in [0.29, 0.717) is 5.92 Å². The standard InChI is InChI=1S/C14H24N2O4/c1-9(10-5-4-6-10)15-13(20)16-11(17)7-14(2,3)8-12(18)19/h9-10H,4-8H2,1-3H3,(H,18,19)(H2,15,16,17,20). The van der Waals surface area contributed by atoms with Gasteiger partial charge in [0.2, 0.25) is 5.91 Å². The molecule has 1 aliphatic rings. The zero-order valence-electron chi connectivity index (χ0n) is 12.4. The topological polar surface area (TPSA) is 95.5 Å². The molecule has 0 saturated heterocycles. The molecule has 1 fully saturated rings. The molecule has 0 radical (unpaired) electrons. The maximum atomic E-state index is 11.7. The Bertz CT molecular complexity index is 389. The van der Waals surface area contributed by atoms with Crippen LogP contribution in [-0.4, -0.2) is 29.1 Å². The number of carbonyl (C=O) groups is 3. The van der Waals surface area contributed by atoms with Crippen LogP contribution < -0.4 is 10.6 Å². The Kier molecular flexibility index (Phi) is 5.53. The van der Waals surface area contributed by atoms with Gasteiger partial charge in [0.15, 0.2) is 0 Å². The first-order valence-electron chi connectivity index (χ1n) is 7.02. The Morgan fingerprint density at radius 2 is 1.85 bits per heavy atom. The lowest BCUT2D eigenvalue weighted by molar-refractivity contribution is -0.139. The molecule has 0 spiro atoms. The summed E-state index contributed by atoms with van der Waals surface area (Å²) in [6.07, 6.45) is 3.31. The Balaban J connectivity index is 2.33. The average molecular weight is 284 g/mol. The first kappa shape index (κ1) is 16.5. The summed E-state index contributed by atoms with van der Waals surface area (Å²) in [7, 11) is 0. The van der Waals surface area contributed by atoms with Gasteiger partial charge in [-0.1, -0.05) is 20.3 Å². The number of rotatable bonds is 6. The molecule has 1 aliphatic carbocycles. The van der Waals surface area contributed by atoms with Crippen LogP contribution >= 0.6 is 0 Å². The second-order valence-corrected chi connectivity index (χ2v) is 6.41. The van der Waals surface area contributed by atoms with E-state index < -0.39 is 23.3 Å². The molecule has 0 heterocycles. The zero-order valence-corrected chi connectivity index (χ0v) is 12.4. The molecule has 3 N–H and O–H groups in total. The third-order valence-electron chi connectivity index (χ3n) is 3.74. The fraction of sp³-hybridized carbons (Fsp3) is 0.786. The predicted octanol–water partition coefficient (Wildman–Crippen LogP) is 1.89. The minimum Gasteiger partial charge on any atom is -0.481 e. The fourth-order valence-electron chi connectivity index (χ4n) is 2.38. The quantitative estimate of drug-likeness (QED) is 0.694. The number of carboxylic acid groups (broad SMARTS) is 1. The SMILES string of the molecule is CC(NC(=O)NC(=O)CC(C)(C)CC(=O)O)C1CCC1. The summed E-state index contributed by atoms with van der Waals surface area (Å²) in [6.45, 7) is 5.31. The van der Waals surface area contributed by atoms with E-state index in [9.17, 15) is 14.4 Å². The number of urea groups is 1. The van der Waals surface area contributed by atoms with Gasteiger partial charge in [0, 0.05) is 12.5 Å². The Morgan fingerprint density at radius 1 is 1.25 bits per heavy atom. The van der Waals surface area contributed by atoms with Crippen molar-refractivity contribution in [2.24, 2.45) is 11.3 Å². The van der Waals surface area contributed by atoms with Crippen molar-refractivity contribution in [1.29, 1.82) is 0 Å². The van der Waals surface area contributed by atoms with E-state index >= 15 is 0 Å². The number of hydrogen-bond donors (Lipinski definition) is 3. The number of carbonyl (C=O) groups excluding carboxylic acids is 2. The van der Waals surface area contributed by atoms with Gasteiger partial charge in [0.25, 0.3) is 0 Å². The summed E-state index contributed by atoms with van der Waals surface area (Å²) in [5, 5.41) is 13.8. The van der Waals surface area contributed by atoms with Crippen molar-refractivity contribution >= 4 is 17.9 Å². The summed E-state index contributed by atoms with van der Waals surface area (Å²) in [5.74, 6) is -0.903. The second-order valence-electron chi connectivity index (χ2n) is 6.41. The molecule has 3 amide bonds. The highest BCUT2D eigenvalue weighted by Crippen LogP contribution is 2.29. The normalized spacial score (nSPS) is 16.9. The van der Waals surface area contributed by atoms with Crippen LogP contribution in [-0.2, 0) is 9.59 Å². The molecule has 0 aromatic carbocycles. The molecule has 0 aromatic heterocycles. The Labute approximate surface area is 119 Å². The number of imide groups is 1. The highest BCUT2D eigenvalue weighted by Gasteiger charge is 2.28. The van der Waals surface area contributed by atoms with E-state index in [0.717, 1.165) is 12.8 Å². The van der Waals surface area contributed by atoms with Gasteiger partial charge in [-0.15, -0.1) is 0 Å². The first-order chi connectivity index (χ1) is 9.19. The van der Waals surface area contributed by atoms with Gasteiger partial charge < -0.3 is 10.4 Å². The highest BCUT2D eigenvalue weighted by atomic mass is 16.4. The van der Waals surface area contributed by atoms with Crippen LogP contribution in [0.1, 0.15) is 52.9 Å². The number of aliphatic carboxylic acids is 1. The van der Waals surface area contributed by atoms with Gasteiger partial charge >= 0.3 is 12.0 Å². The number of nitrogens with one attached hydrogen (secondary N) is 2. The van der Waals surface area contributed by atoms with Crippen LogP contribution in [0.5, 0.6) is 0 Å². The van der Waals surface area contributed by atoms with E-state index in [-0.39, 0.29) is 18.9 Å². The molecular formula is C14H24N2O4. The van der Waals surface area contributed by atoms with Crippen molar-refractivity contribution in [1.82, 2.24) is 10.6 Å². The summed E-state index contributed by atoms with van der Waals surface area (Å²) in [5.41, 5.74) is -0.671. The molecule has 0 bridgehead atoms. The van der Waals surface area contributed by atoms with Crippen molar-refractivity contribution < 1.29 is 19.5 Å². The van der Waals surface area contributed by atoms with Gasteiger partial charge in [-0.3, -0.25) is 14.9 Å². The lowest BCUT2D eigenvalue weighted by atomic mass is 9.80. The smallest absolute Gasteiger partial charge is 0.321 e. The summed E-state index contributed by atoms with van der Waals surface area (Å²) >= 11 is 0. The Morgan fingerprint density at radius 3 is 2.30 bits per heavy atom. The van der Waals surface area contributed by atoms with Crippen molar-refractivity contribution in [3.05, 3.63) is 0 Å². The molecule has 1 atom stereocenters. The van der Waals surface area contributed by atoms with Crippen LogP contribution in [0.2, 0.25) is 0 Å². The van der Waals surface area contributed by atoms with Crippen molar-refractivity contribution in [3.8, 4) is 0 Å². The van der Waals surface area contributed by atoms with Crippen LogP contribution in [0.15, 0.2) is 0 Å². The van der Waals surface area contributed by atoms with Crippen LogP contribution in [0.4, 0.5) is 4.79 Å². The molecule has 0 aliphatic heterocycles. The maximum absolute atomic E-state index is 11.7. The molecular weight excluding hydrogens is 260 g/mol. The molecule has 6 nitrogen and oxygen atoms in total. The summed E-state index contributed by atoms with van der Waals surface area (Å²) in [6, 6.07) is -0.441. The lowest BCUT2D eigenvalue weighted by Gasteiger charge is -2.31. The monoisotopic (exact) mass is 284 g/mol. The summed E-state index contributed by atoms with van der Waals surface area (Å²) < 4.78 is 0. The molecule has 114 valence electrons. The van der Waals surface area contributed by atoms with Gasteiger partial charge in [-0.05, 0) is 31.1 Å². The molecule has 0 aromatic rings. The van der Waals surface area contributed by atoms with Crippen LogP contribution in [0, 0.1) is 11.3 Å². The van der Waals surface area contributed by atoms with E-state index in [1.165, 1.54) is 6.42 Å². The maximum Gasteiger partial charge on any atom is 0.321 e. The first-order valence-corrected chi connectivity index (χ1v) is 7.02. The zero-order chi connectivity index (χ0) is 15.3. The molecule has 1 rings (SSSR count). The van der Waals surface area contributed by atoms with Crippen LogP contribution in [0.3, 0.4) is 0 Å². The van der Waals surface area contributed by atoms with Gasteiger partial charge in [-0.2, -0.15) is 0 Å². The molecule has 1 unspecified atom stereocenters. The molecule has 20 heavy (non-hydrogen) atoms. The average Bonchev–Trinajstić information content (AvgIpc) is 2.08. The largest absolute Gasteiger partial charge is 0.481 e. The van der Waals surface area contributed by atoms with E-state index in [4.69, 9.17) is 5.11 Å². The number of carboxylic acids is 1. The van der Waals surface area contributed by atoms with E-state index in [1.807, 2.05) is 6.92 Å². The highest BCUT2D eigenvalue weighted by molar-refractivity contribution is 5.94. The number of hydrogen-bond acceptors (Lipinski definition) is 3.